The molecule has 1 aromatic carbocycles. The van der Waals surface area contributed by atoms with Crippen molar-refractivity contribution in [2.75, 3.05) is 6.54 Å². The fourth-order valence-corrected chi connectivity index (χ4v) is 2.56. The predicted molar refractivity (Wildman–Crippen MR) is 75.4 cm³/mol. The van der Waals surface area contributed by atoms with Crippen molar-refractivity contribution in [1.82, 2.24) is 4.90 Å². The summed E-state index contributed by atoms with van der Waals surface area (Å²) in [6.07, 6.45) is 2.32. The van der Waals surface area contributed by atoms with Crippen LogP contribution in [0.15, 0.2) is 30.3 Å². The van der Waals surface area contributed by atoms with E-state index in [1.807, 2.05) is 30.3 Å². The minimum atomic E-state index is -0.396. The van der Waals surface area contributed by atoms with Gasteiger partial charge >= 0.3 is 0 Å². The first kappa shape index (κ1) is 13.6. The summed E-state index contributed by atoms with van der Waals surface area (Å²) in [6, 6.07) is 10.7. The number of benzene rings is 1. The molecular formula is C16H25NO. The molecule has 0 saturated heterocycles. The number of nitrogens with zero attached hydrogens (tertiary/aromatic N) is 1. The Morgan fingerprint density at radius 2 is 1.78 bits per heavy atom. The van der Waals surface area contributed by atoms with E-state index in [2.05, 4.69) is 25.7 Å². The second kappa shape index (κ2) is 5.85. The third-order valence-electron chi connectivity index (χ3n) is 3.95. The average Bonchev–Trinajstić information content (AvgIpc) is 3.19. The highest BCUT2D eigenvalue weighted by Gasteiger charge is 2.31. The molecule has 1 fully saturated rings. The molecule has 2 atom stereocenters. The second-order valence-electron chi connectivity index (χ2n) is 5.83. The maximum Gasteiger partial charge on any atom is 0.0942 e. The van der Waals surface area contributed by atoms with Crippen LogP contribution in [0.3, 0.4) is 0 Å². The van der Waals surface area contributed by atoms with E-state index in [0.29, 0.717) is 6.04 Å². The van der Waals surface area contributed by atoms with Gasteiger partial charge in [-0.2, -0.15) is 0 Å². The maximum absolute atomic E-state index is 10.5. The molecule has 0 aromatic heterocycles. The Hall–Kier alpha value is -0.860. The molecule has 0 aliphatic heterocycles. The lowest BCUT2D eigenvalue weighted by molar-refractivity contribution is 0.0372. The van der Waals surface area contributed by atoms with Crippen LogP contribution in [0.1, 0.15) is 45.3 Å². The molecule has 18 heavy (non-hydrogen) atoms. The molecule has 1 aliphatic rings. The number of hydrogen-bond donors (Lipinski definition) is 1. The van der Waals surface area contributed by atoms with Crippen molar-refractivity contribution in [2.45, 2.75) is 51.8 Å². The van der Waals surface area contributed by atoms with Crippen molar-refractivity contribution in [3.05, 3.63) is 35.9 Å². The molecule has 2 heteroatoms. The molecule has 2 rings (SSSR count). The molecule has 2 nitrogen and oxygen atoms in total. The Morgan fingerprint density at radius 3 is 2.28 bits per heavy atom. The molecular weight excluding hydrogens is 222 g/mol. The van der Waals surface area contributed by atoms with Crippen molar-refractivity contribution in [1.29, 1.82) is 0 Å². The van der Waals surface area contributed by atoms with Crippen LogP contribution in [0.5, 0.6) is 0 Å². The van der Waals surface area contributed by atoms with E-state index in [1.165, 1.54) is 12.8 Å². The first-order valence-corrected chi connectivity index (χ1v) is 7.08. The van der Waals surface area contributed by atoms with Gasteiger partial charge in [0.15, 0.2) is 0 Å². The Balaban J connectivity index is 2.04. The summed E-state index contributed by atoms with van der Waals surface area (Å²) < 4.78 is 0. The van der Waals surface area contributed by atoms with E-state index in [-0.39, 0.29) is 6.04 Å². The van der Waals surface area contributed by atoms with Crippen LogP contribution in [0.2, 0.25) is 0 Å². The summed E-state index contributed by atoms with van der Waals surface area (Å²) in [5.41, 5.74) is 1.02. The normalized spacial score (nSPS) is 19.2. The summed E-state index contributed by atoms with van der Waals surface area (Å²) >= 11 is 0. The van der Waals surface area contributed by atoms with E-state index in [9.17, 15) is 5.11 Å². The fourth-order valence-electron chi connectivity index (χ4n) is 2.56. The lowest BCUT2D eigenvalue weighted by Gasteiger charge is -2.35. The van der Waals surface area contributed by atoms with Crippen LogP contribution in [0.25, 0.3) is 0 Å². The van der Waals surface area contributed by atoms with Crippen LogP contribution in [-0.4, -0.2) is 28.6 Å². The van der Waals surface area contributed by atoms with Gasteiger partial charge in [0.05, 0.1) is 6.10 Å². The van der Waals surface area contributed by atoms with Gasteiger partial charge in [-0.1, -0.05) is 30.3 Å². The molecule has 0 radical (unpaired) electrons. The van der Waals surface area contributed by atoms with Crippen molar-refractivity contribution >= 4 is 0 Å². The van der Waals surface area contributed by atoms with Crippen LogP contribution < -0.4 is 0 Å². The highest BCUT2D eigenvalue weighted by Crippen LogP contribution is 2.32. The zero-order chi connectivity index (χ0) is 13.1. The monoisotopic (exact) mass is 247 g/mol. The fraction of sp³-hybridized carbons (Fsp3) is 0.625. The Labute approximate surface area is 111 Å². The van der Waals surface area contributed by atoms with Gasteiger partial charge in [0.25, 0.3) is 0 Å². The van der Waals surface area contributed by atoms with Crippen molar-refractivity contribution in [3.8, 4) is 0 Å². The third kappa shape index (κ3) is 3.33. The van der Waals surface area contributed by atoms with Crippen LogP contribution in [0.4, 0.5) is 0 Å². The zero-order valence-electron chi connectivity index (χ0n) is 11.7. The number of hydrogen-bond acceptors (Lipinski definition) is 2. The molecule has 0 spiro atoms. The zero-order valence-corrected chi connectivity index (χ0v) is 11.7. The number of rotatable bonds is 6. The number of aliphatic hydroxyl groups excluding tert-OH is 1. The van der Waals surface area contributed by atoms with Crippen molar-refractivity contribution in [2.24, 2.45) is 5.92 Å². The van der Waals surface area contributed by atoms with Gasteiger partial charge in [0.1, 0.15) is 0 Å². The Morgan fingerprint density at radius 1 is 1.17 bits per heavy atom. The third-order valence-corrected chi connectivity index (χ3v) is 3.95. The van der Waals surface area contributed by atoms with Crippen molar-refractivity contribution < 1.29 is 5.11 Å². The Kier molecular flexibility index (Phi) is 4.41. The van der Waals surface area contributed by atoms with E-state index < -0.39 is 6.10 Å². The number of aliphatic hydroxyl groups is 1. The summed E-state index contributed by atoms with van der Waals surface area (Å²) in [5.74, 6) is 0.859. The molecule has 2 unspecified atom stereocenters. The maximum atomic E-state index is 10.5. The van der Waals surface area contributed by atoms with Gasteiger partial charge < -0.3 is 5.11 Å². The summed E-state index contributed by atoms with van der Waals surface area (Å²) in [6.45, 7) is 7.70. The molecule has 1 aromatic rings. The van der Waals surface area contributed by atoms with Crippen molar-refractivity contribution in [3.63, 3.8) is 0 Å². The van der Waals surface area contributed by atoms with Gasteiger partial charge in [0.2, 0.25) is 0 Å². The summed E-state index contributed by atoms with van der Waals surface area (Å²) in [5, 5.41) is 10.5. The largest absolute Gasteiger partial charge is 0.387 e. The second-order valence-corrected chi connectivity index (χ2v) is 5.83. The van der Waals surface area contributed by atoms with E-state index in [4.69, 9.17) is 0 Å². The predicted octanol–water partition coefficient (Wildman–Crippen LogP) is 3.23. The van der Waals surface area contributed by atoms with E-state index in [1.54, 1.807) is 0 Å². The summed E-state index contributed by atoms with van der Waals surface area (Å²) in [7, 11) is 0. The molecule has 0 bridgehead atoms. The lowest BCUT2D eigenvalue weighted by atomic mass is 10.0. The van der Waals surface area contributed by atoms with Gasteiger partial charge in [-0.05, 0) is 45.1 Å². The first-order chi connectivity index (χ1) is 8.59. The van der Waals surface area contributed by atoms with Crippen LogP contribution >= 0.6 is 0 Å². The highest BCUT2D eigenvalue weighted by atomic mass is 16.3. The van der Waals surface area contributed by atoms with E-state index >= 15 is 0 Å². The molecule has 0 heterocycles. The smallest absolute Gasteiger partial charge is 0.0942 e. The van der Waals surface area contributed by atoms with Gasteiger partial charge in [-0.15, -0.1) is 0 Å². The van der Waals surface area contributed by atoms with Gasteiger partial charge in [0, 0.05) is 18.6 Å². The van der Waals surface area contributed by atoms with Crippen LogP contribution in [0, 0.1) is 5.92 Å². The quantitative estimate of drug-likeness (QED) is 0.834. The molecule has 0 amide bonds. The lowest BCUT2D eigenvalue weighted by Crippen LogP contribution is -2.43. The first-order valence-electron chi connectivity index (χ1n) is 7.08. The highest BCUT2D eigenvalue weighted by molar-refractivity contribution is 5.18. The summed E-state index contributed by atoms with van der Waals surface area (Å²) in [4.78, 5) is 2.44. The topological polar surface area (TPSA) is 23.5 Å². The molecule has 100 valence electrons. The average molecular weight is 247 g/mol. The van der Waals surface area contributed by atoms with Crippen LogP contribution in [-0.2, 0) is 0 Å². The molecule has 1 aliphatic carbocycles. The van der Waals surface area contributed by atoms with Gasteiger partial charge in [-0.3, -0.25) is 4.90 Å². The Bertz CT molecular complexity index is 359. The standard InChI is InChI=1S/C16H25NO/c1-12(2)17(11-14-9-10-14)13(3)16(18)15-7-5-4-6-8-15/h4-8,12-14,16,18H,9-11H2,1-3H3. The molecule has 1 N–H and O–H groups in total. The minimum Gasteiger partial charge on any atom is -0.387 e. The minimum absolute atomic E-state index is 0.174. The SMILES string of the molecule is CC(C)N(CC1CC1)C(C)C(O)c1ccccc1. The van der Waals surface area contributed by atoms with E-state index in [0.717, 1.165) is 18.0 Å². The molecule has 1 saturated carbocycles. The van der Waals surface area contributed by atoms with Gasteiger partial charge in [-0.25, -0.2) is 0 Å².